The summed E-state index contributed by atoms with van der Waals surface area (Å²) in [5, 5.41) is 41.3. The Bertz CT molecular complexity index is 2920. The average Bonchev–Trinajstić information content (AvgIpc) is 3.25. The van der Waals surface area contributed by atoms with Gasteiger partial charge in [-0.05, 0) is 60.7 Å². The van der Waals surface area contributed by atoms with E-state index in [-0.39, 0.29) is 75.1 Å². The number of aromatic carboxylic acids is 2. The Morgan fingerprint density at radius 3 is 1.65 bits per heavy atom. The molecule has 2 saturated heterocycles. The van der Waals surface area contributed by atoms with Gasteiger partial charge < -0.3 is 41.0 Å². The maximum atomic E-state index is 13.4. The van der Waals surface area contributed by atoms with Crippen LogP contribution < -0.4 is 11.1 Å². The zero-order chi connectivity index (χ0) is 45.6. The maximum absolute atomic E-state index is 13.4. The molecule has 7 N–H and O–H groups in total. The highest BCUT2D eigenvalue weighted by Crippen LogP contribution is 2.38. The first-order valence-electron chi connectivity index (χ1n) is 18.5. The lowest BCUT2D eigenvalue weighted by Gasteiger charge is -2.27. The Balaban J connectivity index is 0.000000177. The molecule has 4 heterocycles. The number of morpholine rings is 2. The van der Waals surface area contributed by atoms with Crippen LogP contribution in [0.3, 0.4) is 0 Å². The van der Waals surface area contributed by atoms with Gasteiger partial charge in [-0.3, -0.25) is 9.97 Å². The van der Waals surface area contributed by atoms with E-state index in [1.54, 1.807) is 30.3 Å². The second-order valence-electron chi connectivity index (χ2n) is 13.5. The number of nitrogens with one attached hydrogen (secondary N) is 1. The van der Waals surface area contributed by atoms with Crippen LogP contribution in [0.5, 0.6) is 11.5 Å². The predicted octanol–water partition coefficient (Wildman–Crippen LogP) is 6.51. The fraction of sp³-hybridized carbons (Fsp3) is 0.200. The minimum absolute atomic E-state index is 0.0386. The largest absolute Gasteiger partial charge is 0.507 e. The molecule has 2 aliphatic heterocycles. The highest BCUT2D eigenvalue weighted by Gasteiger charge is 2.32. The number of pyridine rings is 2. The number of benzene rings is 4. The highest BCUT2D eigenvalue weighted by molar-refractivity contribution is 9.10. The van der Waals surface area contributed by atoms with Crippen LogP contribution >= 0.6 is 43.5 Å². The Hall–Kier alpha value is -5.17. The third-order valence-corrected chi connectivity index (χ3v) is 14.8. The monoisotopic (exact) mass is 1050 g/mol. The van der Waals surface area contributed by atoms with E-state index < -0.39 is 37.7 Å². The summed E-state index contributed by atoms with van der Waals surface area (Å²) in [5.74, 6) is -3.31. The lowest BCUT2D eigenvalue weighted by atomic mass is 10.1. The number of nitrogens with two attached hydrogens (primary N) is 1. The van der Waals surface area contributed by atoms with Crippen LogP contribution in [-0.2, 0) is 29.5 Å². The molecule has 2 aromatic heterocycles. The summed E-state index contributed by atoms with van der Waals surface area (Å²) < 4.78 is 66.8. The number of nitrogens with zero attached hydrogens (tertiary/aromatic N) is 4. The molecule has 2 aliphatic rings. The molecule has 0 unspecified atom stereocenters. The molecule has 0 bridgehead atoms. The van der Waals surface area contributed by atoms with Crippen LogP contribution in [0.25, 0.3) is 21.8 Å². The zero-order valence-electron chi connectivity index (χ0n) is 32.6. The summed E-state index contributed by atoms with van der Waals surface area (Å²) >= 11 is 13.1. The number of phenols is 2. The quantitative estimate of drug-likeness (QED) is 0.0887. The molecule has 8 rings (SSSR count). The number of hydrogen-bond acceptors (Lipinski definition) is 14. The van der Waals surface area contributed by atoms with Crippen molar-refractivity contribution in [2.24, 2.45) is 0 Å². The predicted molar refractivity (Wildman–Crippen MR) is 241 cm³/mol. The van der Waals surface area contributed by atoms with E-state index >= 15 is 0 Å². The highest BCUT2D eigenvalue weighted by atomic mass is 79.9. The Morgan fingerprint density at radius 2 is 1.14 bits per heavy atom. The van der Waals surface area contributed by atoms with Gasteiger partial charge in [0, 0.05) is 64.0 Å². The number of hydrogen-bond donors (Lipinski definition) is 6. The lowest BCUT2D eigenvalue weighted by molar-refractivity contribution is 0.0683. The number of rotatable bonds is 8. The minimum atomic E-state index is -3.96. The standard InChI is InChI=1S/C20H18BrN3O6S.C13H12BrClN2O3S.C7H7NO3/c21-12-4-5-14-13(10-12)19(23-15-2-1-3-16(25)18(15)20(26)27)17(11-22-14)31(28,29)24-6-8-30-9-7-24;14-9-1-2-11-10(7-9)13(15)12(8-16-11)21(18,19)17-3-5-20-6-4-17;8-4-2-1-3-5(9)6(4)7(10)11/h1-5,10-11,25H,6-9H2,(H,22,23)(H,26,27);1-2,7-8H,3-6H2;1-3,9H,8H2,(H,10,11). The van der Waals surface area contributed by atoms with Crippen molar-refractivity contribution in [3.63, 3.8) is 0 Å². The van der Waals surface area contributed by atoms with Gasteiger partial charge in [0.25, 0.3) is 0 Å². The van der Waals surface area contributed by atoms with Gasteiger partial charge in [-0.15, -0.1) is 0 Å². The van der Waals surface area contributed by atoms with Gasteiger partial charge in [-0.25, -0.2) is 26.4 Å². The third kappa shape index (κ3) is 10.6. The summed E-state index contributed by atoms with van der Waals surface area (Å²) in [6.45, 7) is 2.40. The van der Waals surface area contributed by atoms with Crippen molar-refractivity contribution >= 4 is 114 Å². The SMILES string of the molecule is Nc1cccc(O)c1C(=O)O.O=C(O)c1c(O)cccc1Nc1c(S(=O)(=O)N2CCOCC2)cnc2ccc(Br)cc12.O=S(=O)(c1cnc2ccc(Br)cc2c1Cl)N1CCOCC1. The van der Waals surface area contributed by atoms with Gasteiger partial charge in [0.15, 0.2) is 0 Å². The number of halogens is 3. The molecule has 0 aliphatic carbocycles. The topological polar surface area (TPSA) is 272 Å². The minimum Gasteiger partial charge on any atom is -0.507 e. The number of anilines is 3. The second-order valence-corrected chi connectivity index (χ2v) is 19.5. The number of carbonyl (C=O) groups is 2. The molecule has 2 fully saturated rings. The number of aromatic nitrogens is 2. The van der Waals surface area contributed by atoms with Gasteiger partial charge >= 0.3 is 11.9 Å². The Kier molecular flexibility index (Phi) is 15.1. The summed E-state index contributed by atoms with van der Waals surface area (Å²) in [6, 6.07) is 18.9. The molecule has 18 nitrogen and oxygen atoms in total. The number of ether oxygens (including phenoxy) is 2. The number of carboxylic acid groups (broad SMARTS) is 2. The van der Waals surface area contributed by atoms with E-state index in [4.69, 9.17) is 37.0 Å². The molecule has 0 saturated carbocycles. The fourth-order valence-corrected chi connectivity index (χ4v) is 10.6. The van der Waals surface area contributed by atoms with Crippen molar-refractivity contribution in [1.29, 1.82) is 0 Å². The molecule has 0 amide bonds. The van der Waals surface area contributed by atoms with E-state index in [2.05, 4.69) is 47.1 Å². The van der Waals surface area contributed by atoms with E-state index in [0.29, 0.717) is 52.6 Å². The van der Waals surface area contributed by atoms with E-state index in [1.165, 1.54) is 57.4 Å². The van der Waals surface area contributed by atoms with Crippen LogP contribution in [-0.4, -0.2) is 120 Å². The molecule has 332 valence electrons. The van der Waals surface area contributed by atoms with Crippen LogP contribution in [0.4, 0.5) is 17.1 Å². The molecule has 0 atom stereocenters. The normalized spacial score (nSPS) is 14.8. The molecule has 6 aromatic rings. The molecular formula is C40H37Br2ClN6O12S2. The lowest BCUT2D eigenvalue weighted by Crippen LogP contribution is -2.40. The van der Waals surface area contributed by atoms with Crippen molar-refractivity contribution in [1.82, 2.24) is 18.6 Å². The van der Waals surface area contributed by atoms with E-state index in [9.17, 15) is 36.6 Å². The van der Waals surface area contributed by atoms with Crippen molar-refractivity contribution in [3.05, 3.63) is 110 Å². The number of aromatic hydroxyl groups is 2. The van der Waals surface area contributed by atoms with Crippen LogP contribution in [0.15, 0.2) is 104 Å². The Labute approximate surface area is 382 Å². The van der Waals surface area contributed by atoms with Crippen molar-refractivity contribution in [2.75, 3.05) is 63.7 Å². The Morgan fingerprint density at radius 1 is 0.683 bits per heavy atom. The van der Waals surface area contributed by atoms with Crippen molar-refractivity contribution < 1.29 is 56.3 Å². The molecule has 0 radical (unpaired) electrons. The smallest absolute Gasteiger partial charge is 0.341 e. The first-order chi connectivity index (χ1) is 29.9. The van der Waals surface area contributed by atoms with E-state index in [1.807, 2.05) is 6.07 Å². The van der Waals surface area contributed by atoms with Gasteiger partial charge in [-0.1, -0.05) is 55.6 Å². The van der Waals surface area contributed by atoms with Crippen LogP contribution in [0, 0.1) is 0 Å². The van der Waals surface area contributed by atoms with Crippen molar-refractivity contribution in [2.45, 2.75) is 9.79 Å². The second kappa shape index (κ2) is 20.1. The first kappa shape index (κ1) is 47.3. The summed E-state index contributed by atoms with van der Waals surface area (Å²) in [6.07, 6.45) is 2.58. The number of fused-ring (bicyclic) bond motifs is 2. The van der Waals surface area contributed by atoms with Gasteiger partial charge in [0.2, 0.25) is 20.0 Å². The fourth-order valence-electron chi connectivity index (χ4n) is 6.41. The molecule has 0 spiro atoms. The van der Waals surface area contributed by atoms with E-state index in [0.717, 1.165) is 4.47 Å². The summed E-state index contributed by atoms with van der Waals surface area (Å²) in [7, 11) is -7.61. The zero-order valence-corrected chi connectivity index (χ0v) is 38.2. The van der Waals surface area contributed by atoms with Gasteiger partial charge in [0.1, 0.15) is 32.4 Å². The third-order valence-electron chi connectivity index (χ3n) is 9.51. The summed E-state index contributed by atoms with van der Waals surface area (Å²) in [4.78, 5) is 30.6. The number of nitrogen functional groups attached to an aromatic ring is 1. The summed E-state index contributed by atoms with van der Waals surface area (Å²) in [5.41, 5.74) is 6.14. The molecule has 63 heavy (non-hydrogen) atoms. The first-order valence-corrected chi connectivity index (χ1v) is 23.4. The average molecular weight is 1050 g/mol. The van der Waals surface area contributed by atoms with Crippen LogP contribution in [0.2, 0.25) is 5.02 Å². The maximum Gasteiger partial charge on any atom is 0.341 e. The van der Waals surface area contributed by atoms with Crippen molar-refractivity contribution in [3.8, 4) is 11.5 Å². The number of sulfonamides is 2. The molecular weight excluding hydrogens is 1020 g/mol. The molecule has 23 heteroatoms. The van der Waals surface area contributed by atoms with Gasteiger partial charge in [-0.2, -0.15) is 8.61 Å². The van der Waals surface area contributed by atoms with Gasteiger partial charge in [0.05, 0.1) is 53.9 Å². The van der Waals surface area contributed by atoms with Crippen LogP contribution in [0.1, 0.15) is 20.7 Å². The number of carboxylic acids is 2. The molecule has 4 aromatic carbocycles.